The molecule has 5 nitrogen and oxygen atoms in total. The van der Waals surface area contributed by atoms with Gasteiger partial charge in [-0.3, -0.25) is 9.59 Å². The number of anilines is 2. The molecule has 0 bridgehead atoms. The number of amides is 2. The predicted molar refractivity (Wildman–Crippen MR) is 103 cm³/mol. The second kappa shape index (κ2) is 9.22. The van der Waals surface area contributed by atoms with Gasteiger partial charge < -0.3 is 15.4 Å². The number of halogens is 1. The van der Waals surface area contributed by atoms with Crippen LogP contribution in [0, 0.1) is 6.92 Å². The van der Waals surface area contributed by atoms with E-state index in [0.29, 0.717) is 23.5 Å². The minimum atomic E-state index is -0.294. The molecule has 2 rings (SSSR count). The average Bonchev–Trinajstić information content (AvgIpc) is 2.58. The van der Waals surface area contributed by atoms with Gasteiger partial charge in [-0.05, 0) is 49.2 Å². The Morgan fingerprint density at radius 1 is 1.04 bits per heavy atom. The molecule has 0 saturated carbocycles. The highest BCUT2D eigenvalue weighted by Gasteiger charge is 2.10. The summed E-state index contributed by atoms with van der Waals surface area (Å²) in [5, 5.41) is 5.57. The van der Waals surface area contributed by atoms with E-state index in [1.165, 1.54) is 0 Å². The lowest BCUT2D eigenvalue weighted by Gasteiger charge is -2.13. The van der Waals surface area contributed by atoms with Crippen molar-refractivity contribution in [3.8, 4) is 5.75 Å². The topological polar surface area (TPSA) is 67.4 Å². The minimum Gasteiger partial charge on any atom is -0.484 e. The Kier molecular flexibility index (Phi) is 7.01. The molecule has 0 aromatic heterocycles. The van der Waals surface area contributed by atoms with E-state index in [1.54, 1.807) is 30.3 Å². The standard InChI is InChI=1S/C19H21BrN2O3/c1-3-6-18(23)21-16-7-4-5-8-17(16)22-19(24)12-25-14-9-10-15(20)13(2)11-14/h4-5,7-11H,3,6,12H2,1-2H3,(H,21,23)(H,22,24). The third kappa shape index (κ3) is 5.90. The largest absolute Gasteiger partial charge is 0.484 e. The number of hydrogen-bond acceptors (Lipinski definition) is 3. The number of para-hydroxylation sites is 2. The van der Waals surface area contributed by atoms with Crippen LogP contribution in [-0.4, -0.2) is 18.4 Å². The van der Waals surface area contributed by atoms with Gasteiger partial charge in [0.25, 0.3) is 5.91 Å². The summed E-state index contributed by atoms with van der Waals surface area (Å²) in [6, 6.07) is 12.6. The molecule has 0 aliphatic rings. The summed E-state index contributed by atoms with van der Waals surface area (Å²) in [5.41, 5.74) is 2.16. The number of benzene rings is 2. The fraction of sp³-hybridized carbons (Fsp3) is 0.263. The number of ether oxygens (including phenoxy) is 1. The monoisotopic (exact) mass is 404 g/mol. The molecule has 0 aliphatic heterocycles. The summed E-state index contributed by atoms with van der Waals surface area (Å²) in [7, 11) is 0. The summed E-state index contributed by atoms with van der Waals surface area (Å²) >= 11 is 3.42. The molecule has 2 aromatic rings. The van der Waals surface area contributed by atoms with Gasteiger partial charge in [0, 0.05) is 10.9 Å². The maximum absolute atomic E-state index is 12.1. The zero-order chi connectivity index (χ0) is 18.2. The van der Waals surface area contributed by atoms with Crippen LogP contribution in [0.3, 0.4) is 0 Å². The molecule has 25 heavy (non-hydrogen) atoms. The molecule has 2 N–H and O–H groups in total. The molecule has 2 aromatic carbocycles. The van der Waals surface area contributed by atoms with Gasteiger partial charge in [0.15, 0.2) is 6.61 Å². The van der Waals surface area contributed by atoms with E-state index in [2.05, 4.69) is 26.6 Å². The molecular formula is C19H21BrN2O3. The van der Waals surface area contributed by atoms with E-state index in [0.717, 1.165) is 16.5 Å². The number of carbonyl (C=O) groups excluding carboxylic acids is 2. The van der Waals surface area contributed by atoms with Gasteiger partial charge in [-0.1, -0.05) is 35.0 Å². The first-order valence-electron chi connectivity index (χ1n) is 8.07. The smallest absolute Gasteiger partial charge is 0.262 e. The van der Waals surface area contributed by atoms with Crippen molar-refractivity contribution in [2.24, 2.45) is 0 Å². The number of aryl methyl sites for hydroxylation is 1. The van der Waals surface area contributed by atoms with Gasteiger partial charge >= 0.3 is 0 Å². The van der Waals surface area contributed by atoms with Crippen molar-refractivity contribution >= 4 is 39.1 Å². The van der Waals surface area contributed by atoms with Crippen LogP contribution in [0.25, 0.3) is 0 Å². The second-order valence-corrected chi connectivity index (χ2v) is 6.45. The van der Waals surface area contributed by atoms with Crippen molar-refractivity contribution in [2.45, 2.75) is 26.7 Å². The maximum Gasteiger partial charge on any atom is 0.262 e. The Morgan fingerprint density at radius 3 is 2.28 bits per heavy atom. The number of rotatable bonds is 7. The summed E-state index contributed by atoms with van der Waals surface area (Å²) in [6.45, 7) is 3.78. The first-order valence-corrected chi connectivity index (χ1v) is 8.86. The molecule has 0 radical (unpaired) electrons. The Bertz CT molecular complexity index is 762. The van der Waals surface area contributed by atoms with Crippen LogP contribution in [0.4, 0.5) is 11.4 Å². The minimum absolute atomic E-state index is 0.0780. The molecule has 0 unspecified atom stereocenters. The van der Waals surface area contributed by atoms with E-state index in [4.69, 9.17) is 4.74 Å². The molecular weight excluding hydrogens is 384 g/mol. The molecule has 0 fully saturated rings. The van der Waals surface area contributed by atoms with Crippen LogP contribution in [0.1, 0.15) is 25.3 Å². The Hall–Kier alpha value is -2.34. The molecule has 0 saturated heterocycles. The molecule has 0 atom stereocenters. The summed E-state index contributed by atoms with van der Waals surface area (Å²) < 4.78 is 6.50. The van der Waals surface area contributed by atoms with Crippen molar-refractivity contribution in [1.29, 1.82) is 0 Å². The lowest BCUT2D eigenvalue weighted by molar-refractivity contribution is -0.118. The van der Waals surface area contributed by atoms with E-state index < -0.39 is 0 Å². The maximum atomic E-state index is 12.1. The van der Waals surface area contributed by atoms with Crippen molar-refractivity contribution in [3.05, 3.63) is 52.5 Å². The molecule has 132 valence electrons. The van der Waals surface area contributed by atoms with Crippen LogP contribution in [-0.2, 0) is 9.59 Å². The molecule has 0 aliphatic carbocycles. The van der Waals surface area contributed by atoms with Crippen LogP contribution in [0.2, 0.25) is 0 Å². The van der Waals surface area contributed by atoms with Crippen LogP contribution in [0.15, 0.2) is 46.9 Å². The summed E-state index contributed by atoms with van der Waals surface area (Å²) in [4.78, 5) is 23.9. The normalized spacial score (nSPS) is 10.2. The molecule has 6 heteroatoms. The number of carbonyl (C=O) groups is 2. The molecule has 0 spiro atoms. The zero-order valence-corrected chi connectivity index (χ0v) is 15.9. The lowest BCUT2D eigenvalue weighted by Crippen LogP contribution is -2.21. The van der Waals surface area contributed by atoms with E-state index >= 15 is 0 Å². The van der Waals surface area contributed by atoms with Gasteiger partial charge in [0.2, 0.25) is 5.91 Å². The van der Waals surface area contributed by atoms with Crippen molar-refractivity contribution in [3.63, 3.8) is 0 Å². The first-order chi connectivity index (χ1) is 12.0. The van der Waals surface area contributed by atoms with Gasteiger partial charge in [-0.2, -0.15) is 0 Å². The third-order valence-corrected chi connectivity index (χ3v) is 4.34. The lowest BCUT2D eigenvalue weighted by atomic mass is 10.2. The van der Waals surface area contributed by atoms with Gasteiger partial charge in [0.1, 0.15) is 5.75 Å². The second-order valence-electron chi connectivity index (χ2n) is 5.59. The van der Waals surface area contributed by atoms with Crippen molar-refractivity contribution in [2.75, 3.05) is 17.2 Å². The summed E-state index contributed by atoms with van der Waals surface area (Å²) in [6.07, 6.45) is 1.20. The Morgan fingerprint density at radius 2 is 1.68 bits per heavy atom. The molecule has 2 amide bonds. The van der Waals surface area contributed by atoms with Gasteiger partial charge in [-0.15, -0.1) is 0 Å². The highest BCUT2D eigenvalue weighted by atomic mass is 79.9. The average molecular weight is 405 g/mol. The number of nitrogens with one attached hydrogen (secondary N) is 2. The van der Waals surface area contributed by atoms with E-state index in [-0.39, 0.29) is 18.4 Å². The van der Waals surface area contributed by atoms with E-state index in [1.807, 2.05) is 26.0 Å². The van der Waals surface area contributed by atoms with Crippen molar-refractivity contribution < 1.29 is 14.3 Å². The van der Waals surface area contributed by atoms with Crippen LogP contribution >= 0.6 is 15.9 Å². The molecule has 0 heterocycles. The number of hydrogen-bond donors (Lipinski definition) is 2. The highest BCUT2D eigenvalue weighted by Crippen LogP contribution is 2.23. The third-order valence-electron chi connectivity index (χ3n) is 3.45. The SMILES string of the molecule is CCCC(=O)Nc1ccccc1NC(=O)COc1ccc(Br)c(C)c1. The van der Waals surface area contributed by atoms with Crippen LogP contribution < -0.4 is 15.4 Å². The fourth-order valence-corrected chi connectivity index (χ4v) is 2.43. The summed E-state index contributed by atoms with van der Waals surface area (Å²) in [5.74, 6) is 0.254. The van der Waals surface area contributed by atoms with Gasteiger partial charge in [-0.25, -0.2) is 0 Å². The quantitative estimate of drug-likeness (QED) is 0.712. The highest BCUT2D eigenvalue weighted by molar-refractivity contribution is 9.10. The van der Waals surface area contributed by atoms with Crippen LogP contribution in [0.5, 0.6) is 5.75 Å². The zero-order valence-electron chi connectivity index (χ0n) is 14.3. The first kappa shape index (κ1) is 19.0. The Balaban J connectivity index is 1.96. The van der Waals surface area contributed by atoms with Crippen molar-refractivity contribution in [1.82, 2.24) is 0 Å². The van der Waals surface area contributed by atoms with E-state index in [9.17, 15) is 9.59 Å². The predicted octanol–water partition coefficient (Wildman–Crippen LogP) is 4.51. The van der Waals surface area contributed by atoms with Gasteiger partial charge in [0.05, 0.1) is 11.4 Å². The fourth-order valence-electron chi connectivity index (χ4n) is 2.18. The Labute approximate surface area is 155 Å².